The molecule has 0 radical (unpaired) electrons. The van der Waals surface area contributed by atoms with Crippen LogP contribution in [-0.4, -0.2) is 38.9 Å². The molecule has 0 amide bonds. The van der Waals surface area contributed by atoms with E-state index in [4.69, 9.17) is 5.73 Å². The number of piperidine rings is 1. The van der Waals surface area contributed by atoms with Gasteiger partial charge in [0.15, 0.2) is 5.96 Å². The quantitative estimate of drug-likeness (QED) is 0.484. The van der Waals surface area contributed by atoms with E-state index in [0.717, 1.165) is 31.0 Å². The van der Waals surface area contributed by atoms with Gasteiger partial charge in [-0.15, -0.1) is 24.0 Å². The number of halogens is 1. The van der Waals surface area contributed by atoms with Crippen LogP contribution in [0, 0.1) is 12.8 Å². The van der Waals surface area contributed by atoms with E-state index in [1.165, 1.54) is 12.8 Å². The molecular weight excluding hydrogens is 367 g/mol. The van der Waals surface area contributed by atoms with Crippen molar-refractivity contribution in [3.05, 3.63) is 11.4 Å². The van der Waals surface area contributed by atoms with E-state index in [-0.39, 0.29) is 24.0 Å². The van der Waals surface area contributed by atoms with Crippen LogP contribution in [0.25, 0.3) is 0 Å². The summed E-state index contributed by atoms with van der Waals surface area (Å²) in [6.45, 7) is 9.57. The maximum absolute atomic E-state index is 6.07. The second-order valence-electron chi connectivity index (χ2n) is 5.29. The largest absolute Gasteiger partial charge is 0.370 e. The van der Waals surface area contributed by atoms with Crippen molar-refractivity contribution in [1.29, 1.82) is 0 Å². The van der Waals surface area contributed by atoms with E-state index in [1.54, 1.807) is 4.80 Å². The monoisotopic (exact) mass is 392 g/mol. The molecule has 1 aliphatic rings. The zero-order valence-corrected chi connectivity index (χ0v) is 14.9. The Morgan fingerprint density at radius 1 is 1.45 bits per heavy atom. The van der Waals surface area contributed by atoms with E-state index >= 15 is 0 Å². The van der Waals surface area contributed by atoms with Crippen molar-refractivity contribution in [2.24, 2.45) is 16.6 Å². The van der Waals surface area contributed by atoms with Crippen molar-refractivity contribution < 1.29 is 0 Å². The fourth-order valence-corrected chi connectivity index (χ4v) is 2.41. The summed E-state index contributed by atoms with van der Waals surface area (Å²) in [4.78, 5) is 8.33. The molecule has 20 heavy (non-hydrogen) atoms. The van der Waals surface area contributed by atoms with Crippen molar-refractivity contribution in [3.8, 4) is 0 Å². The zero-order chi connectivity index (χ0) is 13.8. The normalized spacial score (nSPS) is 19.9. The third-order valence-electron chi connectivity index (χ3n) is 3.57. The van der Waals surface area contributed by atoms with E-state index < -0.39 is 0 Å². The topological polar surface area (TPSA) is 72.3 Å². The van der Waals surface area contributed by atoms with Crippen LogP contribution in [0.1, 0.15) is 38.1 Å². The Morgan fingerprint density at radius 2 is 2.20 bits per heavy atom. The maximum atomic E-state index is 6.07. The van der Waals surface area contributed by atoms with Gasteiger partial charge in [0.2, 0.25) is 0 Å². The van der Waals surface area contributed by atoms with Crippen LogP contribution >= 0.6 is 24.0 Å². The number of aryl methyl sites for hydroxylation is 2. The first-order chi connectivity index (χ1) is 9.10. The molecule has 1 atom stereocenters. The lowest BCUT2D eigenvalue weighted by atomic mass is 10.0. The summed E-state index contributed by atoms with van der Waals surface area (Å²) in [5, 5.41) is 8.70. The fraction of sp³-hybridized carbons (Fsp3) is 0.769. The van der Waals surface area contributed by atoms with Crippen molar-refractivity contribution in [2.45, 2.75) is 46.7 Å². The van der Waals surface area contributed by atoms with Gasteiger partial charge in [-0.25, -0.2) is 4.99 Å². The van der Waals surface area contributed by atoms with E-state index in [0.29, 0.717) is 18.4 Å². The standard InChI is InChI=1S/C13H24N6.HI/c1-4-19-16-11(3)12(17-19)8-15-13(14)18-7-5-6-10(2)9-18;/h10H,4-9H2,1-3H3,(H2,14,15);1H. The van der Waals surface area contributed by atoms with Crippen LogP contribution in [0.2, 0.25) is 0 Å². The van der Waals surface area contributed by atoms with Gasteiger partial charge in [0.1, 0.15) is 5.69 Å². The first-order valence-electron chi connectivity index (χ1n) is 7.05. The molecule has 0 aromatic carbocycles. The third kappa shape index (κ3) is 4.32. The lowest BCUT2D eigenvalue weighted by Crippen LogP contribution is -2.43. The smallest absolute Gasteiger partial charge is 0.191 e. The van der Waals surface area contributed by atoms with Gasteiger partial charge in [0.25, 0.3) is 0 Å². The molecule has 2 N–H and O–H groups in total. The Hall–Kier alpha value is -0.860. The van der Waals surface area contributed by atoms with E-state index in [9.17, 15) is 0 Å². The SMILES string of the molecule is CCn1nc(C)c(CN=C(N)N2CCCC(C)C2)n1.I. The molecule has 0 bridgehead atoms. The van der Waals surface area contributed by atoms with Gasteiger partial charge in [0.05, 0.1) is 18.8 Å². The number of nitrogens with two attached hydrogens (primary N) is 1. The Labute approximate surface area is 137 Å². The number of guanidine groups is 1. The molecule has 1 aromatic heterocycles. The summed E-state index contributed by atoms with van der Waals surface area (Å²) in [5.41, 5.74) is 7.92. The summed E-state index contributed by atoms with van der Waals surface area (Å²) in [5.74, 6) is 1.34. The molecule has 7 heteroatoms. The lowest BCUT2D eigenvalue weighted by molar-refractivity contribution is 0.270. The van der Waals surface area contributed by atoms with E-state index in [2.05, 4.69) is 27.0 Å². The van der Waals surface area contributed by atoms with E-state index in [1.807, 2.05) is 13.8 Å². The summed E-state index contributed by atoms with van der Waals surface area (Å²) < 4.78 is 0. The highest BCUT2D eigenvalue weighted by Crippen LogP contribution is 2.15. The maximum Gasteiger partial charge on any atom is 0.191 e. The van der Waals surface area contributed by atoms with Gasteiger partial charge in [-0.2, -0.15) is 15.0 Å². The average Bonchev–Trinajstić information content (AvgIpc) is 2.76. The lowest BCUT2D eigenvalue weighted by Gasteiger charge is -2.31. The molecule has 114 valence electrons. The van der Waals surface area contributed by atoms with Crippen molar-refractivity contribution in [2.75, 3.05) is 13.1 Å². The van der Waals surface area contributed by atoms with Gasteiger partial charge in [0, 0.05) is 13.1 Å². The number of aliphatic imine (C=N–C) groups is 1. The average molecular weight is 392 g/mol. The van der Waals surface area contributed by atoms with Gasteiger partial charge < -0.3 is 10.6 Å². The Morgan fingerprint density at radius 3 is 2.80 bits per heavy atom. The molecule has 6 nitrogen and oxygen atoms in total. The highest BCUT2D eigenvalue weighted by Gasteiger charge is 2.17. The first-order valence-corrected chi connectivity index (χ1v) is 7.05. The number of hydrogen-bond donors (Lipinski definition) is 1. The summed E-state index contributed by atoms with van der Waals surface area (Å²) >= 11 is 0. The molecule has 2 rings (SSSR count). The number of likely N-dealkylation sites (tertiary alicyclic amines) is 1. The predicted molar refractivity (Wildman–Crippen MR) is 91.1 cm³/mol. The molecule has 1 aliphatic heterocycles. The highest BCUT2D eigenvalue weighted by molar-refractivity contribution is 14.0. The molecule has 2 heterocycles. The summed E-state index contributed by atoms with van der Waals surface area (Å²) in [7, 11) is 0. The molecule has 1 fully saturated rings. The number of nitrogens with zero attached hydrogens (tertiary/aromatic N) is 5. The fourth-order valence-electron chi connectivity index (χ4n) is 2.41. The summed E-state index contributed by atoms with van der Waals surface area (Å²) in [6, 6.07) is 0. The highest BCUT2D eigenvalue weighted by atomic mass is 127. The van der Waals surface area contributed by atoms with Crippen LogP contribution in [-0.2, 0) is 13.1 Å². The molecule has 1 unspecified atom stereocenters. The van der Waals surface area contributed by atoms with Gasteiger partial charge in [-0.05, 0) is 32.6 Å². The minimum Gasteiger partial charge on any atom is -0.370 e. The van der Waals surface area contributed by atoms with Gasteiger partial charge >= 0.3 is 0 Å². The first kappa shape index (κ1) is 17.2. The number of aromatic nitrogens is 3. The summed E-state index contributed by atoms with van der Waals surface area (Å²) in [6.07, 6.45) is 2.48. The van der Waals surface area contributed by atoms with Crippen molar-refractivity contribution in [3.63, 3.8) is 0 Å². The Bertz CT molecular complexity index is 456. The van der Waals surface area contributed by atoms with Gasteiger partial charge in [-0.1, -0.05) is 6.92 Å². The molecule has 0 spiro atoms. The van der Waals surface area contributed by atoms with Crippen LogP contribution in [0.3, 0.4) is 0 Å². The van der Waals surface area contributed by atoms with Crippen molar-refractivity contribution >= 4 is 29.9 Å². The van der Waals surface area contributed by atoms with Gasteiger partial charge in [-0.3, -0.25) is 0 Å². The Kier molecular flexibility index (Phi) is 6.70. The molecule has 1 saturated heterocycles. The predicted octanol–water partition coefficient (Wildman–Crippen LogP) is 1.77. The number of hydrogen-bond acceptors (Lipinski definition) is 3. The van der Waals surface area contributed by atoms with Crippen LogP contribution in [0.15, 0.2) is 4.99 Å². The molecule has 0 aliphatic carbocycles. The van der Waals surface area contributed by atoms with Crippen molar-refractivity contribution in [1.82, 2.24) is 19.9 Å². The Balaban J connectivity index is 0.00000200. The minimum atomic E-state index is 0. The van der Waals surface area contributed by atoms with Crippen LogP contribution in [0.4, 0.5) is 0 Å². The molecule has 1 aromatic rings. The minimum absolute atomic E-state index is 0. The second-order valence-corrected chi connectivity index (χ2v) is 5.29. The van der Waals surface area contributed by atoms with Crippen LogP contribution < -0.4 is 5.73 Å². The zero-order valence-electron chi connectivity index (χ0n) is 12.5. The second kappa shape index (κ2) is 7.80. The molecule has 0 saturated carbocycles. The third-order valence-corrected chi connectivity index (χ3v) is 3.57. The van der Waals surface area contributed by atoms with Crippen LogP contribution in [0.5, 0.6) is 0 Å². The molecular formula is C13H25IN6. The number of rotatable bonds is 3.